The Morgan fingerprint density at radius 2 is 1.87 bits per heavy atom. The van der Waals surface area contributed by atoms with Crippen molar-refractivity contribution in [2.45, 2.75) is 6.04 Å². The Hall–Kier alpha value is -1.08. The number of rotatable bonds is 2. The van der Waals surface area contributed by atoms with Crippen molar-refractivity contribution in [3.8, 4) is 0 Å². The molecule has 2 fully saturated rings. The molecule has 2 aliphatic rings. The third-order valence-electron chi connectivity index (χ3n) is 4.00. The molecule has 1 N–H and O–H groups in total. The van der Waals surface area contributed by atoms with Crippen LogP contribution in [0.5, 0.6) is 0 Å². The monoisotopic (exact) mass is 365 g/mol. The molecule has 5 nitrogen and oxygen atoms in total. The topological polar surface area (TPSA) is 44.8 Å². The summed E-state index contributed by atoms with van der Waals surface area (Å²) >= 11 is 0. The maximum Gasteiger partial charge on any atom is 0.242 e. The van der Waals surface area contributed by atoms with E-state index < -0.39 is 0 Å². The fourth-order valence-corrected chi connectivity index (χ4v) is 2.82. The van der Waals surface area contributed by atoms with Crippen molar-refractivity contribution in [3.05, 3.63) is 30.1 Å². The zero-order chi connectivity index (χ0) is 14.7. The Labute approximate surface area is 148 Å². The predicted octanol–water partition coefficient (Wildman–Crippen LogP) is 1.31. The van der Waals surface area contributed by atoms with Crippen LogP contribution in [-0.4, -0.2) is 62.8 Å². The SMILES string of the molecule is Cl.Cl.O=C(C1COCCN1)N1CCN(c2ccccc2F)CC1. The molecule has 0 saturated carbocycles. The number of morpholine rings is 1. The molecule has 3 rings (SSSR count). The van der Waals surface area contributed by atoms with Crippen LogP contribution in [-0.2, 0) is 9.53 Å². The quantitative estimate of drug-likeness (QED) is 0.857. The molecule has 1 amide bonds. The van der Waals surface area contributed by atoms with Crippen LogP contribution in [0.15, 0.2) is 24.3 Å². The van der Waals surface area contributed by atoms with Gasteiger partial charge in [0.2, 0.25) is 5.91 Å². The van der Waals surface area contributed by atoms with E-state index in [0.29, 0.717) is 51.6 Å². The zero-order valence-electron chi connectivity index (χ0n) is 12.7. The Kier molecular flexibility index (Phi) is 8.05. The van der Waals surface area contributed by atoms with Gasteiger partial charge in [-0.2, -0.15) is 0 Å². The zero-order valence-corrected chi connectivity index (χ0v) is 14.4. The molecule has 0 aliphatic carbocycles. The van der Waals surface area contributed by atoms with Crippen molar-refractivity contribution >= 4 is 36.4 Å². The Balaban J connectivity index is 0.00000132. The lowest BCUT2D eigenvalue weighted by Crippen LogP contribution is -2.57. The van der Waals surface area contributed by atoms with E-state index in [0.717, 1.165) is 0 Å². The third kappa shape index (κ3) is 4.70. The van der Waals surface area contributed by atoms with Gasteiger partial charge in [-0.3, -0.25) is 4.79 Å². The van der Waals surface area contributed by atoms with Crippen LogP contribution in [0.25, 0.3) is 0 Å². The highest BCUT2D eigenvalue weighted by Gasteiger charge is 2.29. The van der Waals surface area contributed by atoms with E-state index in [4.69, 9.17) is 4.74 Å². The van der Waals surface area contributed by atoms with Gasteiger partial charge in [0.05, 0.1) is 18.9 Å². The number of piperazine rings is 1. The first-order valence-corrected chi connectivity index (χ1v) is 7.35. The molecule has 0 spiro atoms. The van der Waals surface area contributed by atoms with Crippen LogP contribution in [0.4, 0.5) is 10.1 Å². The lowest BCUT2D eigenvalue weighted by Gasteiger charge is -2.38. The number of hydrogen-bond acceptors (Lipinski definition) is 4. The highest BCUT2D eigenvalue weighted by molar-refractivity contribution is 5.85. The summed E-state index contributed by atoms with van der Waals surface area (Å²) in [5, 5.41) is 3.18. The second-order valence-electron chi connectivity index (χ2n) is 5.35. The number of hydrogen-bond donors (Lipinski definition) is 1. The minimum absolute atomic E-state index is 0. The van der Waals surface area contributed by atoms with E-state index in [1.165, 1.54) is 6.07 Å². The fraction of sp³-hybridized carbons (Fsp3) is 0.533. The summed E-state index contributed by atoms with van der Waals surface area (Å²) in [6.07, 6.45) is 0. The van der Waals surface area contributed by atoms with Gasteiger partial charge in [-0.05, 0) is 12.1 Å². The summed E-state index contributed by atoms with van der Waals surface area (Å²) in [6.45, 7) is 4.35. The largest absolute Gasteiger partial charge is 0.378 e. The van der Waals surface area contributed by atoms with Gasteiger partial charge in [0, 0.05) is 32.7 Å². The van der Waals surface area contributed by atoms with Gasteiger partial charge in [0.1, 0.15) is 11.9 Å². The number of nitrogens with zero attached hydrogens (tertiary/aromatic N) is 2. The number of ether oxygens (including phenoxy) is 1. The Morgan fingerprint density at radius 3 is 2.48 bits per heavy atom. The standard InChI is InChI=1S/C15H20FN3O2.2ClH/c16-12-3-1-2-4-14(12)18-6-8-19(9-7-18)15(20)13-11-21-10-5-17-13;;/h1-4,13,17H,5-11H2;2*1H. The van der Waals surface area contributed by atoms with E-state index in [-0.39, 0.29) is 42.6 Å². The van der Waals surface area contributed by atoms with Crippen LogP contribution in [0, 0.1) is 5.82 Å². The maximum absolute atomic E-state index is 13.8. The highest BCUT2D eigenvalue weighted by atomic mass is 35.5. The molecule has 23 heavy (non-hydrogen) atoms. The normalized spacial score (nSPS) is 21.2. The van der Waals surface area contributed by atoms with Crippen LogP contribution in [0.2, 0.25) is 0 Å². The van der Waals surface area contributed by atoms with E-state index in [9.17, 15) is 9.18 Å². The van der Waals surface area contributed by atoms with Gasteiger partial charge in [0.25, 0.3) is 0 Å². The Bertz CT molecular complexity index is 507. The van der Waals surface area contributed by atoms with Gasteiger partial charge in [-0.25, -0.2) is 4.39 Å². The maximum atomic E-state index is 13.8. The number of amides is 1. The molecular formula is C15H22Cl2FN3O2. The number of halogens is 3. The van der Waals surface area contributed by atoms with E-state index >= 15 is 0 Å². The fourth-order valence-electron chi connectivity index (χ4n) is 2.82. The predicted molar refractivity (Wildman–Crippen MR) is 92.3 cm³/mol. The second-order valence-corrected chi connectivity index (χ2v) is 5.35. The van der Waals surface area contributed by atoms with Crippen LogP contribution >= 0.6 is 24.8 Å². The molecule has 2 aliphatic heterocycles. The van der Waals surface area contributed by atoms with Crippen molar-refractivity contribution in [1.29, 1.82) is 0 Å². The van der Waals surface area contributed by atoms with Gasteiger partial charge >= 0.3 is 0 Å². The van der Waals surface area contributed by atoms with E-state index in [1.54, 1.807) is 12.1 Å². The highest BCUT2D eigenvalue weighted by Crippen LogP contribution is 2.20. The van der Waals surface area contributed by atoms with Crippen molar-refractivity contribution in [2.24, 2.45) is 0 Å². The molecule has 1 unspecified atom stereocenters. The average Bonchev–Trinajstić information content (AvgIpc) is 2.56. The minimum atomic E-state index is -0.237. The summed E-state index contributed by atoms with van der Waals surface area (Å²) in [6, 6.07) is 6.53. The first kappa shape index (κ1) is 20.0. The number of anilines is 1. The molecule has 0 bridgehead atoms. The van der Waals surface area contributed by atoms with E-state index in [1.807, 2.05) is 15.9 Å². The summed E-state index contributed by atoms with van der Waals surface area (Å²) in [7, 11) is 0. The van der Waals surface area contributed by atoms with Crippen molar-refractivity contribution in [2.75, 3.05) is 50.8 Å². The van der Waals surface area contributed by atoms with Gasteiger partial charge in [-0.15, -0.1) is 24.8 Å². The van der Waals surface area contributed by atoms with Crippen LogP contribution in [0.3, 0.4) is 0 Å². The Morgan fingerprint density at radius 1 is 1.17 bits per heavy atom. The molecule has 8 heteroatoms. The summed E-state index contributed by atoms with van der Waals surface area (Å²) < 4.78 is 19.1. The molecule has 130 valence electrons. The lowest BCUT2D eigenvalue weighted by molar-refractivity contribution is -0.136. The van der Waals surface area contributed by atoms with Crippen molar-refractivity contribution < 1.29 is 13.9 Å². The number of carbonyl (C=O) groups excluding carboxylic acids is 1. The summed E-state index contributed by atoms with van der Waals surface area (Å²) in [5.41, 5.74) is 0.615. The molecule has 2 heterocycles. The summed E-state index contributed by atoms with van der Waals surface area (Å²) in [5.74, 6) is -0.123. The van der Waals surface area contributed by atoms with Gasteiger partial charge in [0.15, 0.2) is 0 Å². The molecule has 0 radical (unpaired) electrons. The number of benzene rings is 1. The molecule has 1 aromatic carbocycles. The van der Waals surface area contributed by atoms with Crippen LogP contribution in [0.1, 0.15) is 0 Å². The first-order valence-electron chi connectivity index (χ1n) is 7.35. The third-order valence-corrected chi connectivity index (χ3v) is 4.00. The van der Waals surface area contributed by atoms with Crippen molar-refractivity contribution in [3.63, 3.8) is 0 Å². The summed E-state index contributed by atoms with van der Waals surface area (Å²) in [4.78, 5) is 16.2. The van der Waals surface area contributed by atoms with Gasteiger partial charge < -0.3 is 19.9 Å². The molecule has 0 aromatic heterocycles. The second kappa shape index (κ2) is 9.27. The number of carbonyl (C=O) groups is 1. The average molecular weight is 366 g/mol. The number of para-hydroxylation sites is 1. The van der Waals surface area contributed by atoms with Crippen LogP contribution < -0.4 is 10.2 Å². The van der Waals surface area contributed by atoms with Crippen molar-refractivity contribution in [1.82, 2.24) is 10.2 Å². The smallest absolute Gasteiger partial charge is 0.242 e. The van der Waals surface area contributed by atoms with Gasteiger partial charge in [-0.1, -0.05) is 12.1 Å². The lowest BCUT2D eigenvalue weighted by atomic mass is 10.2. The first-order chi connectivity index (χ1) is 10.3. The molecule has 1 atom stereocenters. The minimum Gasteiger partial charge on any atom is -0.378 e. The number of nitrogens with one attached hydrogen (secondary N) is 1. The van der Waals surface area contributed by atoms with E-state index in [2.05, 4.69) is 5.32 Å². The molecule has 2 saturated heterocycles. The molecular weight excluding hydrogens is 344 g/mol. The molecule has 1 aromatic rings.